The molecule has 1 aliphatic rings. The van der Waals surface area contributed by atoms with Gasteiger partial charge in [0.1, 0.15) is 11.3 Å². The number of pyridine rings is 1. The highest BCUT2D eigenvalue weighted by Crippen LogP contribution is 2.29. The summed E-state index contributed by atoms with van der Waals surface area (Å²) < 4.78 is 12.7. The summed E-state index contributed by atoms with van der Waals surface area (Å²) >= 11 is 0. The van der Waals surface area contributed by atoms with Gasteiger partial charge in [-0.3, -0.25) is 0 Å². The molecule has 0 aliphatic carbocycles. The van der Waals surface area contributed by atoms with Crippen LogP contribution in [0.25, 0.3) is 16.6 Å². The number of methoxy groups -OCH3 is 1. The number of benzene rings is 1. The van der Waals surface area contributed by atoms with E-state index in [1.165, 1.54) is 0 Å². The molecule has 0 spiro atoms. The van der Waals surface area contributed by atoms with E-state index in [9.17, 15) is 0 Å². The van der Waals surface area contributed by atoms with Crippen molar-refractivity contribution in [2.24, 2.45) is 0 Å². The predicted octanol–water partition coefficient (Wildman–Crippen LogP) is 3.41. The van der Waals surface area contributed by atoms with E-state index in [-0.39, 0.29) is 5.41 Å². The molecule has 1 aliphatic heterocycles. The summed E-state index contributed by atoms with van der Waals surface area (Å²) in [5.74, 6) is 1.66. The van der Waals surface area contributed by atoms with Crippen LogP contribution in [0.1, 0.15) is 37.9 Å². The Hall–Kier alpha value is -3.26. The second-order valence-electron chi connectivity index (χ2n) is 9.17. The van der Waals surface area contributed by atoms with E-state index in [2.05, 4.69) is 54.1 Å². The first-order valence-corrected chi connectivity index (χ1v) is 10.9. The fourth-order valence-corrected chi connectivity index (χ4v) is 4.08. The predicted molar refractivity (Wildman–Crippen MR) is 124 cm³/mol. The van der Waals surface area contributed by atoms with Gasteiger partial charge in [0.2, 0.25) is 5.65 Å². The molecular formula is C24H28N6O2. The number of hydrogen-bond acceptors (Lipinski definition) is 7. The maximum Gasteiger partial charge on any atom is 0.204 e. The summed E-state index contributed by atoms with van der Waals surface area (Å²) in [5.41, 5.74) is 4.51. The van der Waals surface area contributed by atoms with E-state index in [0.29, 0.717) is 12.1 Å². The van der Waals surface area contributed by atoms with Crippen molar-refractivity contribution in [3.63, 3.8) is 0 Å². The van der Waals surface area contributed by atoms with E-state index in [1.54, 1.807) is 7.11 Å². The third-order valence-corrected chi connectivity index (χ3v) is 5.84. The highest BCUT2D eigenvalue weighted by Gasteiger charge is 2.25. The Morgan fingerprint density at radius 3 is 2.50 bits per heavy atom. The Morgan fingerprint density at radius 1 is 1.06 bits per heavy atom. The van der Waals surface area contributed by atoms with Gasteiger partial charge in [-0.25, -0.2) is 4.98 Å². The number of rotatable bonds is 4. The molecular weight excluding hydrogens is 404 g/mol. The van der Waals surface area contributed by atoms with Crippen molar-refractivity contribution >= 4 is 22.2 Å². The second-order valence-corrected chi connectivity index (χ2v) is 9.17. The summed E-state index contributed by atoms with van der Waals surface area (Å²) in [7, 11) is 1.68. The standard InChI is InChI=1S/C24H28N6O2/c1-24(2,3)23-27-26-22-21-19(14-17(15-25-21)29-9-11-32-12-10-29)20(28-30(22)23)13-16-5-7-18(31-4)8-6-16/h5-8,14-15H,9-13H2,1-4H3. The number of ether oxygens (including phenoxy) is 2. The van der Waals surface area contributed by atoms with Gasteiger partial charge in [0.15, 0.2) is 5.82 Å². The number of morpholine rings is 1. The van der Waals surface area contributed by atoms with Crippen LogP contribution < -0.4 is 9.64 Å². The van der Waals surface area contributed by atoms with Gasteiger partial charge in [-0.1, -0.05) is 32.9 Å². The summed E-state index contributed by atoms with van der Waals surface area (Å²) in [6.07, 6.45) is 2.60. The van der Waals surface area contributed by atoms with Crippen molar-refractivity contribution < 1.29 is 9.47 Å². The minimum atomic E-state index is -0.189. The Balaban J connectivity index is 1.68. The van der Waals surface area contributed by atoms with Gasteiger partial charge in [-0.05, 0) is 23.8 Å². The molecule has 0 bridgehead atoms. The van der Waals surface area contributed by atoms with Crippen molar-refractivity contribution in [3.8, 4) is 5.75 Å². The lowest BCUT2D eigenvalue weighted by Crippen LogP contribution is -2.36. The van der Waals surface area contributed by atoms with Crippen molar-refractivity contribution in [1.29, 1.82) is 0 Å². The van der Waals surface area contributed by atoms with Crippen LogP contribution in [0.2, 0.25) is 0 Å². The van der Waals surface area contributed by atoms with Gasteiger partial charge in [0.25, 0.3) is 0 Å². The Labute approximate surface area is 187 Å². The largest absolute Gasteiger partial charge is 0.497 e. The zero-order valence-electron chi connectivity index (χ0n) is 19.0. The molecule has 8 heteroatoms. The molecule has 0 unspecified atom stereocenters. The smallest absolute Gasteiger partial charge is 0.204 e. The maximum atomic E-state index is 5.52. The fraction of sp³-hybridized carbons (Fsp3) is 0.417. The minimum absolute atomic E-state index is 0.189. The van der Waals surface area contributed by atoms with E-state index >= 15 is 0 Å². The molecule has 0 atom stereocenters. The number of hydrogen-bond donors (Lipinski definition) is 0. The lowest BCUT2D eigenvalue weighted by atomic mass is 9.96. The lowest BCUT2D eigenvalue weighted by Gasteiger charge is -2.28. The molecule has 1 fully saturated rings. The van der Waals surface area contributed by atoms with Crippen molar-refractivity contribution in [2.75, 3.05) is 38.3 Å². The lowest BCUT2D eigenvalue weighted by molar-refractivity contribution is 0.122. The van der Waals surface area contributed by atoms with Crippen molar-refractivity contribution in [1.82, 2.24) is 24.8 Å². The van der Waals surface area contributed by atoms with Gasteiger partial charge in [-0.15, -0.1) is 10.2 Å². The van der Waals surface area contributed by atoms with Crippen LogP contribution in [0.5, 0.6) is 5.75 Å². The van der Waals surface area contributed by atoms with Crippen LogP contribution in [-0.2, 0) is 16.6 Å². The zero-order valence-corrected chi connectivity index (χ0v) is 19.0. The molecule has 0 N–H and O–H groups in total. The summed E-state index contributed by atoms with van der Waals surface area (Å²) in [6.45, 7) is 9.53. The molecule has 1 aromatic carbocycles. The number of anilines is 1. The molecule has 3 aromatic heterocycles. The molecule has 166 valence electrons. The first kappa shape index (κ1) is 20.6. The van der Waals surface area contributed by atoms with E-state index < -0.39 is 0 Å². The molecule has 0 radical (unpaired) electrons. The first-order chi connectivity index (χ1) is 15.4. The van der Waals surface area contributed by atoms with Gasteiger partial charge in [0.05, 0.1) is 37.9 Å². The van der Waals surface area contributed by atoms with Gasteiger partial charge < -0.3 is 14.4 Å². The van der Waals surface area contributed by atoms with Gasteiger partial charge >= 0.3 is 0 Å². The summed E-state index contributed by atoms with van der Waals surface area (Å²) in [4.78, 5) is 7.15. The van der Waals surface area contributed by atoms with Crippen LogP contribution in [0.15, 0.2) is 36.5 Å². The van der Waals surface area contributed by atoms with Gasteiger partial charge in [-0.2, -0.15) is 9.61 Å². The van der Waals surface area contributed by atoms with Crippen molar-refractivity contribution in [3.05, 3.63) is 53.6 Å². The SMILES string of the molecule is COc1ccc(Cc2nn3c(C(C)(C)C)nnc3c3ncc(N4CCOCC4)cc23)cc1. The molecule has 0 amide bonds. The monoisotopic (exact) mass is 432 g/mol. The zero-order chi connectivity index (χ0) is 22.3. The van der Waals surface area contributed by atoms with Crippen molar-refractivity contribution in [2.45, 2.75) is 32.6 Å². The number of aromatic nitrogens is 5. The molecule has 4 heterocycles. The first-order valence-electron chi connectivity index (χ1n) is 10.9. The second kappa shape index (κ2) is 8.02. The molecule has 4 aromatic rings. The molecule has 8 nitrogen and oxygen atoms in total. The van der Waals surface area contributed by atoms with Crippen LogP contribution in [0.4, 0.5) is 5.69 Å². The Morgan fingerprint density at radius 2 is 1.81 bits per heavy atom. The Bertz CT molecular complexity index is 1250. The summed E-state index contributed by atoms with van der Waals surface area (Å²) in [5, 5.41) is 15.0. The molecule has 5 rings (SSSR count). The minimum Gasteiger partial charge on any atom is -0.497 e. The quantitative estimate of drug-likeness (QED) is 0.489. The highest BCUT2D eigenvalue weighted by molar-refractivity contribution is 5.93. The fourth-order valence-electron chi connectivity index (χ4n) is 4.08. The third-order valence-electron chi connectivity index (χ3n) is 5.84. The van der Waals surface area contributed by atoms with Crippen LogP contribution in [0.3, 0.4) is 0 Å². The Kier molecular flexibility index (Phi) is 5.17. The van der Waals surface area contributed by atoms with Crippen LogP contribution >= 0.6 is 0 Å². The molecule has 0 saturated carbocycles. The number of fused-ring (bicyclic) bond motifs is 3. The normalized spacial score (nSPS) is 14.9. The third kappa shape index (κ3) is 3.75. The van der Waals surface area contributed by atoms with E-state index in [0.717, 1.165) is 65.7 Å². The summed E-state index contributed by atoms with van der Waals surface area (Å²) in [6, 6.07) is 10.3. The average molecular weight is 433 g/mol. The molecule has 32 heavy (non-hydrogen) atoms. The average Bonchev–Trinajstić information content (AvgIpc) is 3.24. The van der Waals surface area contributed by atoms with E-state index in [4.69, 9.17) is 19.6 Å². The van der Waals surface area contributed by atoms with Crippen LogP contribution in [-0.4, -0.2) is 58.2 Å². The van der Waals surface area contributed by atoms with Gasteiger partial charge in [0, 0.05) is 30.3 Å². The highest BCUT2D eigenvalue weighted by atomic mass is 16.5. The van der Waals surface area contributed by atoms with Crippen LogP contribution in [0, 0.1) is 0 Å². The number of nitrogens with zero attached hydrogens (tertiary/aromatic N) is 6. The molecule has 1 saturated heterocycles. The topological polar surface area (TPSA) is 77.7 Å². The van der Waals surface area contributed by atoms with E-state index in [1.807, 2.05) is 22.8 Å². The maximum absolute atomic E-state index is 5.52.